The lowest BCUT2D eigenvalue weighted by atomic mass is 10.2. The Morgan fingerprint density at radius 3 is 2.54 bits per heavy atom. The maximum absolute atomic E-state index is 11.9. The summed E-state index contributed by atoms with van der Waals surface area (Å²) in [6, 6.07) is 9.79. The Balaban J connectivity index is 2.08. The molecule has 0 spiro atoms. The molecule has 2 heterocycles. The third kappa shape index (κ3) is 3.23. The fraction of sp³-hybridized carbons (Fsp3) is 0.312. The number of nitrogens with one attached hydrogen (secondary N) is 1. The summed E-state index contributed by atoms with van der Waals surface area (Å²) < 4.78 is 25.4. The van der Waals surface area contributed by atoms with Crippen LogP contribution in [0.2, 0.25) is 0 Å². The normalized spacial score (nSPS) is 12.0. The highest BCUT2D eigenvalue weighted by molar-refractivity contribution is 7.90. The zero-order chi connectivity index (χ0) is 17.3. The Morgan fingerprint density at radius 2 is 1.92 bits per heavy atom. The molecule has 2 aromatic heterocycles. The number of hydrogen-bond donors (Lipinski definition) is 1. The van der Waals surface area contributed by atoms with Crippen LogP contribution in [-0.4, -0.2) is 34.3 Å². The van der Waals surface area contributed by atoms with Crippen molar-refractivity contribution in [3.63, 3.8) is 0 Å². The quantitative estimate of drug-likeness (QED) is 0.763. The molecule has 1 aromatic carbocycles. The number of fused-ring (bicyclic) bond motifs is 1. The highest BCUT2D eigenvalue weighted by Crippen LogP contribution is 2.21. The van der Waals surface area contributed by atoms with Crippen LogP contribution in [-0.2, 0) is 16.4 Å². The second-order valence-corrected chi connectivity index (χ2v) is 7.84. The van der Waals surface area contributed by atoms with Crippen molar-refractivity contribution >= 4 is 21.3 Å². The van der Waals surface area contributed by atoms with E-state index >= 15 is 0 Å². The molecule has 0 aliphatic heterocycles. The summed E-state index contributed by atoms with van der Waals surface area (Å²) in [5, 5.41) is 7.11. The van der Waals surface area contributed by atoms with Crippen molar-refractivity contribution < 1.29 is 8.42 Å². The Kier molecular flexibility index (Phi) is 4.23. The maximum atomic E-state index is 11.9. The summed E-state index contributed by atoms with van der Waals surface area (Å²) >= 11 is 0. The van der Waals surface area contributed by atoms with Gasteiger partial charge in [0.1, 0.15) is 0 Å². The van der Waals surface area contributed by atoms with Gasteiger partial charge in [-0.05, 0) is 11.5 Å². The van der Waals surface area contributed by atoms with Crippen LogP contribution in [0.25, 0.3) is 5.65 Å². The topological polar surface area (TPSA) is 89.2 Å². The van der Waals surface area contributed by atoms with Gasteiger partial charge in [0.25, 0.3) is 5.16 Å². The fourth-order valence-electron chi connectivity index (χ4n) is 2.33. The minimum atomic E-state index is -3.53. The molecule has 24 heavy (non-hydrogen) atoms. The number of rotatable bonds is 5. The SMILES string of the molecule is CC(C)c1cnc2c(NCc3ccccc3)nc(S(C)(=O)=O)nn12. The zero-order valence-electron chi connectivity index (χ0n) is 13.8. The van der Waals surface area contributed by atoms with Crippen LogP contribution in [0.15, 0.2) is 41.7 Å². The third-order valence-corrected chi connectivity index (χ3v) is 4.43. The lowest BCUT2D eigenvalue weighted by Gasteiger charge is -2.10. The molecule has 0 saturated heterocycles. The van der Waals surface area contributed by atoms with Crippen molar-refractivity contribution in [2.24, 2.45) is 0 Å². The molecule has 0 radical (unpaired) electrons. The molecule has 126 valence electrons. The highest BCUT2D eigenvalue weighted by Gasteiger charge is 2.19. The summed E-state index contributed by atoms with van der Waals surface area (Å²) in [5.74, 6) is 0.561. The molecular formula is C16H19N5O2S. The Morgan fingerprint density at radius 1 is 1.21 bits per heavy atom. The van der Waals surface area contributed by atoms with Crippen molar-refractivity contribution in [2.45, 2.75) is 31.5 Å². The van der Waals surface area contributed by atoms with Gasteiger partial charge in [-0.25, -0.2) is 17.9 Å². The molecule has 0 amide bonds. The summed E-state index contributed by atoms with van der Waals surface area (Å²) in [6.07, 6.45) is 2.80. The minimum absolute atomic E-state index is 0.157. The van der Waals surface area contributed by atoms with Gasteiger partial charge in [-0.3, -0.25) is 0 Å². The van der Waals surface area contributed by atoms with Gasteiger partial charge in [-0.1, -0.05) is 44.2 Å². The molecule has 0 aliphatic carbocycles. The van der Waals surface area contributed by atoms with Gasteiger partial charge in [0.15, 0.2) is 11.5 Å². The first-order valence-corrected chi connectivity index (χ1v) is 9.49. The predicted octanol–water partition coefficient (Wildman–Crippen LogP) is 2.26. The van der Waals surface area contributed by atoms with Gasteiger partial charge in [0.2, 0.25) is 9.84 Å². The number of hydrogen-bond acceptors (Lipinski definition) is 6. The van der Waals surface area contributed by atoms with Crippen LogP contribution < -0.4 is 5.32 Å². The van der Waals surface area contributed by atoms with E-state index in [4.69, 9.17) is 0 Å². The van der Waals surface area contributed by atoms with E-state index < -0.39 is 9.84 Å². The van der Waals surface area contributed by atoms with Crippen LogP contribution >= 0.6 is 0 Å². The minimum Gasteiger partial charge on any atom is -0.363 e. The van der Waals surface area contributed by atoms with Crippen LogP contribution in [0.1, 0.15) is 31.0 Å². The molecule has 0 bridgehead atoms. The molecule has 0 unspecified atom stereocenters. The first kappa shape index (κ1) is 16.4. The molecule has 0 aliphatic rings. The van der Waals surface area contributed by atoms with Crippen molar-refractivity contribution in [3.05, 3.63) is 47.8 Å². The molecule has 0 atom stereocenters. The Hall–Kier alpha value is -2.48. The van der Waals surface area contributed by atoms with Crippen LogP contribution in [0.5, 0.6) is 0 Å². The van der Waals surface area contributed by atoms with E-state index in [1.807, 2.05) is 44.2 Å². The lowest BCUT2D eigenvalue weighted by molar-refractivity contribution is 0.585. The largest absolute Gasteiger partial charge is 0.363 e. The van der Waals surface area contributed by atoms with Crippen molar-refractivity contribution in [2.75, 3.05) is 11.6 Å². The Bertz CT molecular complexity index is 965. The first-order valence-electron chi connectivity index (χ1n) is 7.60. The summed E-state index contributed by atoms with van der Waals surface area (Å²) in [5.41, 5.74) is 2.41. The molecule has 1 N–H and O–H groups in total. The monoisotopic (exact) mass is 345 g/mol. The third-order valence-electron chi connectivity index (χ3n) is 3.60. The smallest absolute Gasteiger partial charge is 0.267 e. The molecule has 0 saturated carbocycles. The molecule has 0 fully saturated rings. The van der Waals surface area contributed by atoms with Crippen molar-refractivity contribution in [1.82, 2.24) is 19.6 Å². The molecule has 7 nitrogen and oxygen atoms in total. The van der Waals surface area contributed by atoms with Crippen LogP contribution in [0.3, 0.4) is 0 Å². The first-order chi connectivity index (χ1) is 11.4. The van der Waals surface area contributed by atoms with E-state index in [9.17, 15) is 8.42 Å². The summed E-state index contributed by atoms with van der Waals surface area (Å²) in [6.45, 7) is 4.52. The zero-order valence-corrected chi connectivity index (χ0v) is 14.6. The maximum Gasteiger partial charge on any atom is 0.267 e. The van der Waals surface area contributed by atoms with Gasteiger partial charge >= 0.3 is 0 Å². The number of sulfone groups is 1. The van der Waals surface area contributed by atoms with E-state index in [1.54, 1.807) is 10.7 Å². The van der Waals surface area contributed by atoms with E-state index in [0.29, 0.717) is 18.0 Å². The number of aromatic nitrogens is 4. The van der Waals surface area contributed by atoms with E-state index in [-0.39, 0.29) is 11.1 Å². The lowest BCUT2D eigenvalue weighted by Crippen LogP contribution is -2.13. The van der Waals surface area contributed by atoms with E-state index in [2.05, 4.69) is 20.4 Å². The Labute approximate surface area is 140 Å². The second kappa shape index (κ2) is 6.20. The standard InChI is InChI=1S/C16H19N5O2S/c1-11(2)13-10-18-15-14(17-9-12-7-5-4-6-8-12)19-16(20-21(13)15)24(3,22)23/h4-8,10-11H,9H2,1-3H3,(H,17,19,20). The fourth-order valence-corrected chi connectivity index (χ4v) is 2.82. The number of nitrogens with zero attached hydrogens (tertiary/aromatic N) is 4. The predicted molar refractivity (Wildman–Crippen MR) is 91.7 cm³/mol. The summed E-state index contributed by atoms with van der Waals surface area (Å²) in [4.78, 5) is 8.52. The van der Waals surface area contributed by atoms with E-state index in [1.165, 1.54) is 0 Å². The van der Waals surface area contributed by atoms with Gasteiger partial charge in [-0.15, -0.1) is 5.10 Å². The van der Waals surface area contributed by atoms with Crippen LogP contribution in [0, 0.1) is 0 Å². The van der Waals surface area contributed by atoms with E-state index in [0.717, 1.165) is 17.5 Å². The average molecular weight is 345 g/mol. The van der Waals surface area contributed by atoms with Gasteiger partial charge < -0.3 is 5.32 Å². The molecular weight excluding hydrogens is 326 g/mol. The van der Waals surface area contributed by atoms with Crippen molar-refractivity contribution in [1.29, 1.82) is 0 Å². The number of imidazole rings is 1. The molecule has 8 heteroatoms. The van der Waals surface area contributed by atoms with Gasteiger partial charge in [0, 0.05) is 12.8 Å². The molecule has 3 rings (SSSR count). The van der Waals surface area contributed by atoms with Gasteiger partial charge in [-0.2, -0.15) is 4.98 Å². The molecule has 3 aromatic rings. The highest BCUT2D eigenvalue weighted by atomic mass is 32.2. The number of benzene rings is 1. The number of anilines is 1. The summed E-state index contributed by atoms with van der Waals surface area (Å²) in [7, 11) is -3.53. The van der Waals surface area contributed by atoms with Crippen LogP contribution in [0.4, 0.5) is 5.82 Å². The average Bonchev–Trinajstić information content (AvgIpc) is 2.97. The van der Waals surface area contributed by atoms with Gasteiger partial charge in [0.05, 0.1) is 11.9 Å². The van der Waals surface area contributed by atoms with Crippen molar-refractivity contribution in [3.8, 4) is 0 Å². The second-order valence-electron chi connectivity index (χ2n) is 5.93.